The Bertz CT molecular complexity index is 1490. The van der Waals surface area contributed by atoms with Gasteiger partial charge in [0.25, 0.3) is 5.91 Å². The van der Waals surface area contributed by atoms with Gasteiger partial charge in [0.2, 0.25) is 5.91 Å². The van der Waals surface area contributed by atoms with Crippen molar-refractivity contribution in [3.05, 3.63) is 93.5 Å². The third-order valence-electron chi connectivity index (χ3n) is 9.47. The number of fused-ring (bicyclic) bond motifs is 2. The molecule has 1 saturated heterocycles. The van der Waals surface area contributed by atoms with Crippen molar-refractivity contribution < 1.29 is 24.2 Å². The van der Waals surface area contributed by atoms with Crippen molar-refractivity contribution in [3.8, 4) is 5.75 Å². The number of aryl methyl sites for hydroxylation is 1. The van der Waals surface area contributed by atoms with Gasteiger partial charge in [-0.15, -0.1) is 0 Å². The number of nitrogens with zero attached hydrogens (tertiary/aromatic N) is 2. The third-order valence-corrected chi connectivity index (χ3v) is 10.1. The lowest BCUT2D eigenvalue weighted by molar-refractivity contribution is -0.150. The second-order valence-corrected chi connectivity index (χ2v) is 13.2. The number of anilines is 1. The van der Waals surface area contributed by atoms with Crippen molar-refractivity contribution in [2.45, 2.75) is 57.8 Å². The first-order valence-corrected chi connectivity index (χ1v) is 15.6. The highest BCUT2D eigenvalue weighted by Crippen LogP contribution is 2.60. The standard InChI is InChI=1S/C35H41BrN2O5/c1-22-18-27-32(28(36)19-22)37(5)33(41)35(27)23(2)31(34(3,4)25-12-14-26(42-6)15-13-25)29(43-35)20-30(40)38(16-17-39)21-24-10-8-7-9-11-24/h7-15,18-19,23,29,31,39H,16-17,20-21H2,1-6H3/t23-,29+,31-,35+/m0/s1. The topological polar surface area (TPSA) is 79.3 Å². The maximum Gasteiger partial charge on any atom is 0.264 e. The van der Waals surface area contributed by atoms with E-state index in [0.29, 0.717) is 6.54 Å². The van der Waals surface area contributed by atoms with Crippen molar-refractivity contribution in [1.82, 2.24) is 4.90 Å². The molecular formula is C35H41BrN2O5. The molecular weight excluding hydrogens is 608 g/mol. The quantitative estimate of drug-likeness (QED) is 0.309. The van der Waals surface area contributed by atoms with Gasteiger partial charge in [0.05, 0.1) is 31.9 Å². The molecule has 1 fully saturated rings. The molecule has 0 radical (unpaired) electrons. The van der Waals surface area contributed by atoms with Crippen molar-refractivity contribution in [2.75, 3.05) is 32.2 Å². The smallest absolute Gasteiger partial charge is 0.264 e. The fourth-order valence-electron chi connectivity index (χ4n) is 7.36. The predicted octanol–water partition coefficient (Wildman–Crippen LogP) is 5.98. The Labute approximate surface area is 262 Å². The van der Waals surface area contributed by atoms with Crippen molar-refractivity contribution >= 4 is 33.4 Å². The number of aliphatic hydroxyl groups excluding tert-OH is 1. The summed E-state index contributed by atoms with van der Waals surface area (Å²) in [4.78, 5) is 31.7. The number of amides is 2. The zero-order valence-corrected chi connectivity index (χ0v) is 27.3. The highest BCUT2D eigenvalue weighted by molar-refractivity contribution is 9.10. The minimum absolute atomic E-state index is 0.0858. The number of hydrogen-bond acceptors (Lipinski definition) is 5. The molecule has 8 heteroatoms. The molecule has 7 nitrogen and oxygen atoms in total. The maximum atomic E-state index is 14.3. The summed E-state index contributed by atoms with van der Waals surface area (Å²) < 4.78 is 13.3. The fraction of sp³-hybridized carbons (Fsp3) is 0.429. The molecule has 0 bridgehead atoms. The summed E-state index contributed by atoms with van der Waals surface area (Å²) in [7, 11) is 3.43. The largest absolute Gasteiger partial charge is 0.497 e. The fourth-order valence-corrected chi connectivity index (χ4v) is 8.20. The summed E-state index contributed by atoms with van der Waals surface area (Å²) >= 11 is 3.70. The molecule has 3 aromatic rings. The van der Waals surface area contributed by atoms with Crippen LogP contribution in [0.25, 0.3) is 0 Å². The average Bonchev–Trinajstić information content (AvgIpc) is 3.39. The van der Waals surface area contributed by atoms with Crippen LogP contribution in [-0.4, -0.2) is 55.2 Å². The van der Waals surface area contributed by atoms with E-state index >= 15 is 0 Å². The molecule has 2 aliphatic rings. The molecule has 1 spiro atoms. The van der Waals surface area contributed by atoms with Gasteiger partial charge < -0.3 is 24.4 Å². The number of benzene rings is 3. The second kappa shape index (κ2) is 12.1. The number of methoxy groups -OCH3 is 1. The van der Waals surface area contributed by atoms with Gasteiger partial charge in [-0.05, 0) is 63.2 Å². The molecule has 0 aliphatic carbocycles. The first-order valence-electron chi connectivity index (χ1n) is 14.8. The molecule has 0 saturated carbocycles. The highest BCUT2D eigenvalue weighted by Gasteiger charge is 2.66. The Morgan fingerprint density at radius 2 is 1.81 bits per heavy atom. The molecule has 2 amide bonds. The third kappa shape index (κ3) is 5.38. The van der Waals surface area contributed by atoms with Crippen LogP contribution in [0.1, 0.15) is 49.4 Å². The SMILES string of the molecule is COc1ccc(C(C)(C)[C@@H]2[C@@H](CC(=O)N(CCO)Cc3ccccc3)O[C@]3(C(=O)N(C)c4c(Br)cc(C)cc43)[C@H]2C)cc1. The van der Waals surface area contributed by atoms with Crippen LogP contribution in [0.2, 0.25) is 0 Å². The molecule has 2 heterocycles. The molecule has 0 aromatic heterocycles. The first-order chi connectivity index (χ1) is 20.4. The number of rotatable bonds is 9. The van der Waals surface area contributed by atoms with E-state index in [-0.39, 0.29) is 43.2 Å². The summed E-state index contributed by atoms with van der Waals surface area (Å²) in [5.41, 5.74) is 3.01. The molecule has 228 valence electrons. The predicted molar refractivity (Wildman–Crippen MR) is 171 cm³/mol. The van der Waals surface area contributed by atoms with E-state index in [1.807, 2.05) is 61.5 Å². The number of halogens is 1. The van der Waals surface area contributed by atoms with Gasteiger partial charge >= 0.3 is 0 Å². The Morgan fingerprint density at radius 1 is 1.14 bits per heavy atom. The number of hydrogen-bond donors (Lipinski definition) is 1. The van der Waals surface area contributed by atoms with Crippen LogP contribution in [0.15, 0.2) is 71.2 Å². The number of ether oxygens (including phenoxy) is 2. The summed E-state index contributed by atoms with van der Waals surface area (Å²) in [6.07, 6.45) is -0.471. The van der Waals surface area contributed by atoms with E-state index in [9.17, 15) is 14.7 Å². The summed E-state index contributed by atoms with van der Waals surface area (Å²) in [5.74, 6) is 0.0733. The zero-order valence-electron chi connectivity index (χ0n) is 25.8. The van der Waals surface area contributed by atoms with Crippen LogP contribution in [0.5, 0.6) is 5.75 Å². The Morgan fingerprint density at radius 3 is 2.44 bits per heavy atom. The van der Waals surface area contributed by atoms with Crippen LogP contribution in [0, 0.1) is 18.8 Å². The average molecular weight is 650 g/mol. The first kappa shape index (κ1) is 31.2. The van der Waals surface area contributed by atoms with E-state index in [0.717, 1.165) is 38.2 Å². The summed E-state index contributed by atoms with van der Waals surface area (Å²) in [6, 6.07) is 21.8. The van der Waals surface area contributed by atoms with Crippen LogP contribution in [0.4, 0.5) is 5.69 Å². The Hall–Kier alpha value is -3.20. The van der Waals surface area contributed by atoms with Crippen LogP contribution >= 0.6 is 15.9 Å². The van der Waals surface area contributed by atoms with Crippen LogP contribution in [-0.2, 0) is 31.9 Å². The van der Waals surface area contributed by atoms with E-state index in [1.165, 1.54) is 0 Å². The monoisotopic (exact) mass is 648 g/mol. The molecule has 4 atom stereocenters. The number of carbonyl (C=O) groups excluding carboxylic acids is 2. The second-order valence-electron chi connectivity index (χ2n) is 12.4. The molecule has 3 aromatic carbocycles. The van der Waals surface area contributed by atoms with E-state index < -0.39 is 17.1 Å². The van der Waals surface area contributed by atoms with Crippen LogP contribution in [0.3, 0.4) is 0 Å². The lowest BCUT2D eigenvalue weighted by Gasteiger charge is -2.39. The van der Waals surface area contributed by atoms with Gasteiger partial charge in [-0.3, -0.25) is 9.59 Å². The minimum Gasteiger partial charge on any atom is -0.497 e. The van der Waals surface area contributed by atoms with Gasteiger partial charge in [0.15, 0.2) is 5.60 Å². The van der Waals surface area contributed by atoms with Crippen molar-refractivity contribution in [1.29, 1.82) is 0 Å². The molecule has 2 aliphatic heterocycles. The van der Waals surface area contributed by atoms with Crippen molar-refractivity contribution in [2.24, 2.45) is 11.8 Å². The molecule has 0 unspecified atom stereocenters. The number of carbonyl (C=O) groups is 2. The number of aliphatic hydroxyl groups is 1. The number of likely N-dealkylation sites (N-methyl/N-ethyl adjacent to an activating group) is 1. The van der Waals surface area contributed by atoms with Crippen molar-refractivity contribution in [3.63, 3.8) is 0 Å². The van der Waals surface area contributed by atoms with Gasteiger partial charge in [0.1, 0.15) is 5.75 Å². The minimum atomic E-state index is -1.24. The zero-order chi connectivity index (χ0) is 31.1. The lowest BCUT2D eigenvalue weighted by atomic mass is 9.63. The van der Waals surface area contributed by atoms with Gasteiger partial charge in [0, 0.05) is 42.0 Å². The normalized spacial score (nSPS) is 23.1. The van der Waals surface area contributed by atoms with E-state index in [1.54, 1.807) is 24.0 Å². The highest BCUT2D eigenvalue weighted by atomic mass is 79.9. The van der Waals surface area contributed by atoms with Crippen LogP contribution < -0.4 is 9.64 Å². The summed E-state index contributed by atoms with van der Waals surface area (Å²) in [5, 5.41) is 9.84. The van der Waals surface area contributed by atoms with Gasteiger partial charge in [-0.2, -0.15) is 0 Å². The van der Waals surface area contributed by atoms with Gasteiger partial charge in [-0.25, -0.2) is 0 Å². The lowest BCUT2D eigenvalue weighted by Crippen LogP contribution is -2.45. The molecule has 5 rings (SSSR count). The maximum absolute atomic E-state index is 14.3. The Balaban J connectivity index is 1.58. The Kier molecular flexibility index (Phi) is 8.76. The summed E-state index contributed by atoms with van der Waals surface area (Å²) in [6.45, 7) is 8.89. The van der Waals surface area contributed by atoms with E-state index in [2.05, 4.69) is 48.8 Å². The van der Waals surface area contributed by atoms with E-state index in [4.69, 9.17) is 9.47 Å². The van der Waals surface area contributed by atoms with Gasteiger partial charge in [-0.1, -0.05) is 69.3 Å². The molecule has 1 N–H and O–H groups in total. The molecule has 43 heavy (non-hydrogen) atoms.